The second kappa shape index (κ2) is 6.66. The first kappa shape index (κ1) is 16.1. The third-order valence-electron chi connectivity index (χ3n) is 4.03. The molecule has 0 saturated carbocycles. The fraction of sp³-hybridized carbons (Fsp3) is 0.467. The Kier molecular flexibility index (Phi) is 5.11. The van der Waals surface area contributed by atoms with Crippen molar-refractivity contribution in [1.82, 2.24) is 4.90 Å². The van der Waals surface area contributed by atoms with Gasteiger partial charge in [-0.25, -0.2) is 0 Å². The van der Waals surface area contributed by atoms with Crippen LogP contribution in [-0.2, 0) is 11.2 Å². The molecule has 1 saturated heterocycles. The Morgan fingerprint density at radius 3 is 2.67 bits per heavy atom. The van der Waals surface area contributed by atoms with Gasteiger partial charge in [0.15, 0.2) is 0 Å². The molecule has 0 radical (unpaired) electrons. The van der Waals surface area contributed by atoms with Crippen molar-refractivity contribution in [3.8, 4) is 5.75 Å². The summed E-state index contributed by atoms with van der Waals surface area (Å²) in [5.41, 5.74) is 6.68. The number of thioether (sulfide) groups is 1. The van der Waals surface area contributed by atoms with Gasteiger partial charge in [-0.3, -0.25) is 4.79 Å². The first-order valence-corrected chi connectivity index (χ1v) is 8.51. The summed E-state index contributed by atoms with van der Waals surface area (Å²) in [4.78, 5) is 14.7. The number of benzene rings is 1. The van der Waals surface area contributed by atoms with E-state index in [1.807, 2.05) is 17.2 Å². The van der Waals surface area contributed by atoms with Gasteiger partial charge in [0.05, 0.1) is 16.2 Å². The summed E-state index contributed by atoms with van der Waals surface area (Å²) >= 11 is 6.86. The van der Waals surface area contributed by atoms with Crippen molar-refractivity contribution in [2.75, 3.05) is 19.3 Å². The van der Waals surface area contributed by atoms with Gasteiger partial charge in [0.1, 0.15) is 5.75 Å². The van der Waals surface area contributed by atoms with Gasteiger partial charge in [0.2, 0.25) is 5.91 Å². The van der Waals surface area contributed by atoms with E-state index in [1.54, 1.807) is 30.0 Å². The van der Waals surface area contributed by atoms with Crippen molar-refractivity contribution < 1.29 is 9.90 Å². The summed E-state index contributed by atoms with van der Waals surface area (Å²) in [7, 11) is 0. The Labute approximate surface area is 134 Å². The lowest BCUT2D eigenvalue weighted by Crippen LogP contribution is -2.51. The Morgan fingerprint density at radius 1 is 1.48 bits per heavy atom. The standard InChI is InChI=1S/C15H20N2O2S2/c1-21-15(14(16)20)5-7-17(8-6-15)13(19)10-11-3-2-4-12(18)9-11/h2-4,9,18H,5-8,10H2,1H3,(H2,16,20). The van der Waals surface area contributed by atoms with E-state index < -0.39 is 0 Å². The molecule has 1 aliphatic rings. The molecule has 0 aliphatic carbocycles. The Hall–Kier alpha value is -1.27. The molecule has 1 aromatic rings. The Bertz CT molecular complexity index is 540. The number of rotatable bonds is 4. The molecule has 1 aliphatic heterocycles. The molecule has 6 heteroatoms. The van der Waals surface area contributed by atoms with E-state index in [2.05, 4.69) is 0 Å². The number of carbonyl (C=O) groups is 1. The zero-order valence-corrected chi connectivity index (χ0v) is 13.7. The molecule has 4 nitrogen and oxygen atoms in total. The van der Waals surface area contributed by atoms with Crippen LogP contribution in [0.25, 0.3) is 0 Å². The Balaban J connectivity index is 1.96. The smallest absolute Gasteiger partial charge is 0.226 e. The molecule has 1 amide bonds. The fourth-order valence-corrected chi connectivity index (χ4v) is 3.87. The van der Waals surface area contributed by atoms with Crippen molar-refractivity contribution >= 4 is 34.9 Å². The first-order valence-electron chi connectivity index (χ1n) is 6.87. The number of carbonyl (C=O) groups excluding carboxylic acids is 1. The molecule has 0 unspecified atom stereocenters. The minimum absolute atomic E-state index is 0.0817. The number of phenolic OH excluding ortho intramolecular Hbond substituents is 1. The van der Waals surface area contributed by atoms with Crippen molar-refractivity contribution in [2.24, 2.45) is 5.73 Å². The van der Waals surface area contributed by atoms with Gasteiger partial charge in [-0.15, -0.1) is 0 Å². The highest BCUT2D eigenvalue weighted by atomic mass is 32.2. The number of nitrogens with zero attached hydrogens (tertiary/aromatic N) is 1. The maximum Gasteiger partial charge on any atom is 0.226 e. The fourth-order valence-electron chi connectivity index (χ4n) is 2.62. The van der Waals surface area contributed by atoms with Gasteiger partial charge in [0, 0.05) is 13.1 Å². The third-order valence-corrected chi connectivity index (χ3v) is 5.96. The van der Waals surface area contributed by atoms with E-state index in [-0.39, 0.29) is 16.4 Å². The number of likely N-dealkylation sites (tertiary alicyclic amines) is 1. The average molecular weight is 324 g/mol. The zero-order chi connectivity index (χ0) is 15.5. The molecule has 1 aromatic carbocycles. The molecule has 3 N–H and O–H groups in total. The second-order valence-electron chi connectivity index (χ2n) is 5.29. The van der Waals surface area contributed by atoms with Gasteiger partial charge < -0.3 is 15.7 Å². The summed E-state index contributed by atoms with van der Waals surface area (Å²) in [5.74, 6) is 0.270. The summed E-state index contributed by atoms with van der Waals surface area (Å²) in [6.07, 6.45) is 3.93. The van der Waals surface area contributed by atoms with E-state index in [1.165, 1.54) is 0 Å². The number of piperidine rings is 1. The molecule has 2 rings (SSSR count). The average Bonchev–Trinajstić information content (AvgIpc) is 2.47. The minimum Gasteiger partial charge on any atom is -0.508 e. The third kappa shape index (κ3) is 3.68. The Morgan fingerprint density at radius 2 is 2.14 bits per heavy atom. The summed E-state index contributed by atoms with van der Waals surface area (Å²) < 4.78 is -0.170. The van der Waals surface area contributed by atoms with E-state index in [9.17, 15) is 9.90 Å². The van der Waals surface area contributed by atoms with Crippen molar-refractivity contribution in [3.63, 3.8) is 0 Å². The topological polar surface area (TPSA) is 66.6 Å². The normalized spacial score (nSPS) is 17.5. The number of amides is 1. The highest BCUT2D eigenvalue weighted by molar-refractivity contribution is 8.02. The quantitative estimate of drug-likeness (QED) is 0.829. The predicted molar refractivity (Wildman–Crippen MR) is 90.7 cm³/mol. The van der Waals surface area contributed by atoms with Crippen LogP contribution in [0.3, 0.4) is 0 Å². The maximum absolute atomic E-state index is 12.3. The van der Waals surface area contributed by atoms with E-state index in [0.717, 1.165) is 18.4 Å². The zero-order valence-electron chi connectivity index (χ0n) is 12.0. The molecule has 0 aromatic heterocycles. The monoisotopic (exact) mass is 324 g/mol. The lowest BCUT2D eigenvalue weighted by atomic mass is 9.95. The number of thiocarbonyl (C=S) groups is 1. The predicted octanol–water partition coefficient (Wildman–Crippen LogP) is 1.94. The van der Waals surface area contributed by atoms with Crippen molar-refractivity contribution in [1.29, 1.82) is 0 Å². The highest BCUT2D eigenvalue weighted by Gasteiger charge is 2.37. The number of phenols is 1. The lowest BCUT2D eigenvalue weighted by molar-refractivity contribution is -0.131. The van der Waals surface area contributed by atoms with Crippen LogP contribution in [0.15, 0.2) is 24.3 Å². The van der Waals surface area contributed by atoms with Gasteiger partial charge in [-0.05, 0) is 36.8 Å². The van der Waals surface area contributed by atoms with Crippen LogP contribution >= 0.6 is 24.0 Å². The summed E-state index contributed by atoms with van der Waals surface area (Å²) in [6.45, 7) is 1.35. The van der Waals surface area contributed by atoms with E-state index in [4.69, 9.17) is 18.0 Å². The SMILES string of the molecule is CSC1(C(N)=S)CCN(C(=O)Cc2cccc(O)c2)CC1. The lowest BCUT2D eigenvalue weighted by Gasteiger charge is -2.40. The van der Waals surface area contributed by atoms with Gasteiger partial charge in [-0.2, -0.15) is 11.8 Å². The molecule has 0 bridgehead atoms. The maximum atomic E-state index is 12.3. The first-order chi connectivity index (χ1) is 9.97. The van der Waals surface area contributed by atoms with Crippen molar-refractivity contribution in [2.45, 2.75) is 24.0 Å². The molecular weight excluding hydrogens is 304 g/mol. The molecule has 21 heavy (non-hydrogen) atoms. The van der Waals surface area contributed by atoms with E-state index in [0.29, 0.717) is 24.5 Å². The number of hydrogen-bond acceptors (Lipinski definition) is 4. The van der Waals surface area contributed by atoms with Crippen LogP contribution in [0.2, 0.25) is 0 Å². The summed E-state index contributed by atoms with van der Waals surface area (Å²) in [5, 5.41) is 9.44. The van der Waals surface area contributed by atoms with E-state index >= 15 is 0 Å². The van der Waals surface area contributed by atoms with Crippen LogP contribution in [0.4, 0.5) is 0 Å². The summed E-state index contributed by atoms with van der Waals surface area (Å²) in [6, 6.07) is 6.83. The number of hydrogen-bond donors (Lipinski definition) is 2. The van der Waals surface area contributed by atoms with Crippen molar-refractivity contribution in [3.05, 3.63) is 29.8 Å². The van der Waals surface area contributed by atoms with Crippen LogP contribution in [-0.4, -0.2) is 45.0 Å². The molecule has 1 heterocycles. The largest absolute Gasteiger partial charge is 0.508 e. The second-order valence-corrected chi connectivity index (χ2v) is 6.92. The highest BCUT2D eigenvalue weighted by Crippen LogP contribution is 2.35. The van der Waals surface area contributed by atoms with Crippen LogP contribution in [0, 0.1) is 0 Å². The molecular formula is C15H20N2O2S2. The van der Waals surface area contributed by atoms with Crippen LogP contribution < -0.4 is 5.73 Å². The van der Waals surface area contributed by atoms with Gasteiger partial charge >= 0.3 is 0 Å². The molecule has 1 fully saturated rings. The number of nitrogens with two attached hydrogens (primary N) is 1. The molecule has 0 atom stereocenters. The van der Waals surface area contributed by atoms with Gasteiger partial charge in [0.25, 0.3) is 0 Å². The van der Waals surface area contributed by atoms with Crippen LogP contribution in [0.1, 0.15) is 18.4 Å². The van der Waals surface area contributed by atoms with Crippen LogP contribution in [0.5, 0.6) is 5.75 Å². The molecule has 114 valence electrons. The van der Waals surface area contributed by atoms with Gasteiger partial charge in [-0.1, -0.05) is 24.4 Å². The number of aromatic hydroxyl groups is 1. The minimum atomic E-state index is -0.170. The molecule has 0 spiro atoms.